The zero-order chi connectivity index (χ0) is 18.1. The number of pyridine rings is 1. The number of halogens is 1. The molecule has 1 aromatic carbocycles. The molecule has 3 aromatic rings. The van der Waals surface area contributed by atoms with Gasteiger partial charge >= 0.3 is 0 Å². The fourth-order valence-corrected chi connectivity index (χ4v) is 3.56. The maximum Gasteiger partial charge on any atom is 0.138 e. The first-order valence-corrected chi connectivity index (χ1v) is 8.94. The molecular formula is C20H20ClN3O2. The van der Waals surface area contributed by atoms with Crippen LogP contribution in [0.15, 0.2) is 42.7 Å². The molecule has 4 rings (SSSR count). The van der Waals surface area contributed by atoms with E-state index in [0.717, 1.165) is 42.0 Å². The molecule has 0 fully saturated rings. The molecule has 0 amide bonds. The molecule has 0 saturated carbocycles. The van der Waals surface area contributed by atoms with Gasteiger partial charge in [-0.15, -0.1) is 0 Å². The Hall–Kier alpha value is -2.34. The normalized spacial score (nSPS) is 14.5. The van der Waals surface area contributed by atoms with Crippen molar-refractivity contribution in [2.75, 3.05) is 20.2 Å². The van der Waals surface area contributed by atoms with Gasteiger partial charge in [-0.05, 0) is 53.9 Å². The summed E-state index contributed by atoms with van der Waals surface area (Å²) in [5.41, 5.74) is 5.73. The number of aliphatic hydroxyl groups is 1. The van der Waals surface area contributed by atoms with E-state index in [9.17, 15) is 5.11 Å². The van der Waals surface area contributed by atoms with E-state index in [2.05, 4.69) is 23.5 Å². The number of aliphatic hydroxyl groups excluding tert-OH is 1. The highest BCUT2D eigenvalue weighted by molar-refractivity contribution is 6.32. The number of hydrogen-bond donors (Lipinski definition) is 2. The summed E-state index contributed by atoms with van der Waals surface area (Å²) < 4.78 is 7.23. The van der Waals surface area contributed by atoms with Crippen molar-refractivity contribution >= 4 is 22.8 Å². The minimum atomic E-state index is -0.109. The number of fused-ring (bicyclic) bond motifs is 1. The Morgan fingerprint density at radius 3 is 2.96 bits per heavy atom. The lowest BCUT2D eigenvalue weighted by Gasteiger charge is -2.14. The zero-order valence-electron chi connectivity index (χ0n) is 14.5. The van der Waals surface area contributed by atoms with Crippen LogP contribution < -0.4 is 10.1 Å². The number of benzene rings is 1. The summed E-state index contributed by atoms with van der Waals surface area (Å²) >= 11 is 6.28. The van der Waals surface area contributed by atoms with Crippen LogP contribution in [0.2, 0.25) is 5.02 Å². The van der Waals surface area contributed by atoms with Crippen LogP contribution in [0.25, 0.3) is 22.5 Å². The van der Waals surface area contributed by atoms with E-state index in [1.54, 1.807) is 19.2 Å². The number of methoxy groups -OCH3 is 1. The number of aromatic nitrogens is 2. The zero-order valence-corrected chi connectivity index (χ0v) is 15.3. The van der Waals surface area contributed by atoms with Gasteiger partial charge in [-0.2, -0.15) is 0 Å². The monoisotopic (exact) mass is 369 g/mol. The van der Waals surface area contributed by atoms with Gasteiger partial charge in [-0.1, -0.05) is 17.7 Å². The minimum absolute atomic E-state index is 0.109. The summed E-state index contributed by atoms with van der Waals surface area (Å²) in [6, 6.07) is 7.77. The highest BCUT2D eigenvalue weighted by Gasteiger charge is 2.14. The van der Waals surface area contributed by atoms with E-state index in [4.69, 9.17) is 21.3 Å². The van der Waals surface area contributed by atoms with E-state index in [-0.39, 0.29) is 6.61 Å². The lowest BCUT2D eigenvalue weighted by atomic mass is 10.0. The Bertz CT molecular complexity index is 994. The first-order chi connectivity index (χ1) is 12.7. The molecule has 0 aliphatic carbocycles. The van der Waals surface area contributed by atoms with E-state index < -0.39 is 0 Å². The molecule has 3 heterocycles. The molecule has 2 N–H and O–H groups in total. The van der Waals surface area contributed by atoms with Crippen molar-refractivity contribution in [3.8, 4) is 17.0 Å². The van der Waals surface area contributed by atoms with Crippen LogP contribution in [0.4, 0.5) is 0 Å². The van der Waals surface area contributed by atoms with Gasteiger partial charge in [0.1, 0.15) is 11.4 Å². The Morgan fingerprint density at radius 2 is 2.23 bits per heavy atom. The van der Waals surface area contributed by atoms with Gasteiger partial charge in [-0.25, -0.2) is 4.98 Å². The molecule has 1 aliphatic heterocycles. The largest absolute Gasteiger partial charge is 0.495 e. The van der Waals surface area contributed by atoms with Crippen LogP contribution in [-0.4, -0.2) is 34.7 Å². The van der Waals surface area contributed by atoms with E-state index in [1.807, 2.05) is 16.8 Å². The maximum absolute atomic E-state index is 9.73. The average Bonchev–Trinajstić information content (AvgIpc) is 3.11. The topological polar surface area (TPSA) is 58.8 Å². The molecule has 0 unspecified atom stereocenters. The molecule has 6 heteroatoms. The summed E-state index contributed by atoms with van der Waals surface area (Å²) in [5.74, 6) is 0.545. The molecule has 2 aromatic heterocycles. The van der Waals surface area contributed by atoms with Gasteiger partial charge in [0.05, 0.1) is 24.4 Å². The van der Waals surface area contributed by atoms with Crippen LogP contribution in [0, 0.1) is 0 Å². The lowest BCUT2D eigenvalue weighted by Crippen LogP contribution is -2.20. The van der Waals surface area contributed by atoms with Gasteiger partial charge in [0, 0.05) is 24.5 Å². The van der Waals surface area contributed by atoms with Crippen LogP contribution in [0.5, 0.6) is 5.75 Å². The molecule has 0 spiro atoms. The van der Waals surface area contributed by atoms with Crippen molar-refractivity contribution < 1.29 is 9.84 Å². The third-order valence-corrected chi connectivity index (χ3v) is 5.01. The molecule has 134 valence electrons. The number of nitrogens with zero attached hydrogens (tertiary/aromatic N) is 2. The van der Waals surface area contributed by atoms with E-state index in [1.165, 1.54) is 11.1 Å². The van der Waals surface area contributed by atoms with Crippen molar-refractivity contribution in [3.63, 3.8) is 0 Å². The second kappa shape index (κ2) is 7.11. The Balaban J connectivity index is 1.78. The Morgan fingerprint density at radius 1 is 1.35 bits per heavy atom. The molecule has 0 saturated heterocycles. The predicted molar refractivity (Wildman–Crippen MR) is 104 cm³/mol. The maximum atomic E-state index is 9.73. The smallest absolute Gasteiger partial charge is 0.138 e. The molecule has 0 atom stereocenters. The molecule has 0 bridgehead atoms. The van der Waals surface area contributed by atoms with Gasteiger partial charge in [-0.3, -0.25) is 0 Å². The minimum Gasteiger partial charge on any atom is -0.495 e. The highest BCUT2D eigenvalue weighted by atomic mass is 35.5. The van der Waals surface area contributed by atoms with Gasteiger partial charge in [0.25, 0.3) is 0 Å². The SMILES string of the molecule is COc1cc(CO)c(-c2cn3ccc(C4=CCNCC4)cc3n2)cc1Cl. The summed E-state index contributed by atoms with van der Waals surface area (Å²) in [6.45, 7) is 1.80. The molecule has 0 radical (unpaired) electrons. The molecule has 1 aliphatic rings. The van der Waals surface area contributed by atoms with Gasteiger partial charge in [0.15, 0.2) is 0 Å². The van der Waals surface area contributed by atoms with Crippen molar-refractivity contribution in [2.24, 2.45) is 0 Å². The third-order valence-electron chi connectivity index (χ3n) is 4.72. The molecule has 26 heavy (non-hydrogen) atoms. The highest BCUT2D eigenvalue weighted by Crippen LogP contribution is 2.34. The fourth-order valence-electron chi connectivity index (χ4n) is 3.32. The van der Waals surface area contributed by atoms with E-state index in [0.29, 0.717) is 10.8 Å². The number of ether oxygens (including phenoxy) is 1. The first-order valence-electron chi connectivity index (χ1n) is 8.56. The first kappa shape index (κ1) is 17.1. The van der Waals surface area contributed by atoms with Crippen molar-refractivity contribution in [3.05, 3.63) is 58.9 Å². The van der Waals surface area contributed by atoms with Crippen molar-refractivity contribution in [2.45, 2.75) is 13.0 Å². The van der Waals surface area contributed by atoms with Crippen LogP contribution in [0.1, 0.15) is 17.5 Å². The van der Waals surface area contributed by atoms with Gasteiger partial charge < -0.3 is 19.6 Å². The third kappa shape index (κ3) is 3.09. The van der Waals surface area contributed by atoms with E-state index >= 15 is 0 Å². The number of imidazole rings is 1. The lowest BCUT2D eigenvalue weighted by molar-refractivity contribution is 0.281. The molecule has 5 nitrogen and oxygen atoms in total. The van der Waals surface area contributed by atoms with Crippen LogP contribution in [0.3, 0.4) is 0 Å². The van der Waals surface area contributed by atoms with Crippen molar-refractivity contribution in [1.82, 2.24) is 14.7 Å². The average molecular weight is 370 g/mol. The number of nitrogens with one attached hydrogen (secondary N) is 1. The predicted octanol–water partition coefficient (Wildman–Crippen LogP) is 3.53. The fraction of sp³-hybridized carbons (Fsp3) is 0.250. The second-order valence-corrected chi connectivity index (χ2v) is 6.70. The standard InChI is InChI=1S/C20H20ClN3O2/c1-26-19-8-15(12-25)16(10-17(19)21)18-11-24-7-4-14(9-20(24)23-18)13-2-5-22-6-3-13/h2,4,7-11,22,25H,3,5-6,12H2,1H3. The Kier molecular flexibility index (Phi) is 4.68. The summed E-state index contributed by atoms with van der Waals surface area (Å²) in [6.07, 6.45) is 7.22. The van der Waals surface area contributed by atoms with Crippen molar-refractivity contribution in [1.29, 1.82) is 0 Å². The number of rotatable bonds is 4. The van der Waals surface area contributed by atoms with Crippen LogP contribution >= 0.6 is 11.6 Å². The summed E-state index contributed by atoms with van der Waals surface area (Å²) in [5, 5.41) is 13.6. The van der Waals surface area contributed by atoms with Gasteiger partial charge in [0.2, 0.25) is 0 Å². The number of hydrogen-bond acceptors (Lipinski definition) is 4. The molecular weight excluding hydrogens is 350 g/mol. The summed E-state index contributed by atoms with van der Waals surface area (Å²) in [4.78, 5) is 4.75. The Labute approximate surface area is 156 Å². The summed E-state index contributed by atoms with van der Waals surface area (Å²) in [7, 11) is 1.56. The quantitative estimate of drug-likeness (QED) is 0.738. The second-order valence-electron chi connectivity index (χ2n) is 6.29. The van der Waals surface area contributed by atoms with Crippen LogP contribution in [-0.2, 0) is 6.61 Å².